The van der Waals surface area contributed by atoms with Crippen molar-refractivity contribution in [3.8, 4) is 0 Å². The van der Waals surface area contributed by atoms with Gasteiger partial charge >= 0.3 is 31.5 Å². The Balaban J connectivity index is 0. The van der Waals surface area contributed by atoms with Crippen molar-refractivity contribution in [1.82, 2.24) is 0 Å². The van der Waals surface area contributed by atoms with Gasteiger partial charge in [0.25, 0.3) is 0 Å². The van der Waals surface area contributed by atoms with Gasteiger partial charge in [0, 0.05) is 45.2 Å². The van der Waals surface area contributed by atoms with Crippen LogP contribution < -0.4 is 0 Å². The quantitative estimate of drug-likeness (QED) is 0.210. The average Bonchev–Trinajstić information content (AvgIpc) is 2.12. The summed E-state index contributed by atoms with van der Waals surface area (Å²) in [6.07, 6.45) is 0. The first-order valence-electron chi connectivity index (χ1n) is 3.90. The van der Waals surface area contributed by atoms with E-state index in [9.17, 15) is 52.7 Å². The second-order valence-electron chi connectivity index (χ2n) is 3.29. The van der Waals surface area contributed by atoms with Gasteiger partial charge < -0.3 is 0 Å². The van der Waals surface area contributed by atoms with Crippen LogP contribution in [-0.4, -0.2) is 31.5 Å². The van der Waals surface area contributed by atoms with E-state index >= 15 is 0 Å². The highest BCUT2D eigenvalue weighted by molar-refractivity contribution is 14.1. The maximum Gasteiger partial charge on any atom is 0.387 e. The van der Waals surface area contributed by atoms with Gasteiger partial charge in [-0.1, -0.05) is 7.43 Å². The van der Waals surface area contributed by atoms with Crippen LogP contribution in [0.25, 0.3) is 0 Å². The highest BCUT2D eigenvalue weighted by Gasteiger charge is 2.89. The molecule has 0 bridgehead atoms. The molecule has 130 valence electrons. The topological polar surface area (TPSA) is 0 Å². The summed E-state index contributed by atoms with van der Waals surface area (Å²) in [6, 6.07) is 0. The van der Waals surface area contributed by atoms with Crippen LogP contribution in [0, 0.1) is 0 Å². The van der Waals surface area contributed by atoms with E-state index in [1.807, 2.05) is 0 Å². The first-order chi connectivity index (χ1) is 8.25. The second-order valence-corrected chi connectivity index (χ2v) is 6.00. The molecule has 0 spiro atoms. The van der Waals surface area contributed by atoms with Gasteiger partial charge in [-0.3, -0.25) is 0 Å². The fourth-order valence-corrected chi connectivity index (χ4v) is 1.43. The number of rotatable bonds is 5. The Morgan fingerprint density at radius 3 is 0.619 bits per heavy atom. The molecule has 14 heteroatoms. The summed E-state index contributed by atoms with van der Waals surface area (Å²) in [5, 5.41) is 0. The minimum Gasteiger partial charge on any atom is -0.192 e. The molecule has 0 saturated heterocycles. The lowest BCUT2D eigenvalue weighted by Crippen LogP contribution is -2.68. The predicted octanol–water partition coefficient (Wildman–Crippen LogP) is 6.22. The minimum absolute atomic E-state index is 0. The lowest BCUT2D eigenvalue weighted by atomic mass is 9.99. The van der Waals surface area contributed by atoms with Gasteiger partial charge in [-0.2, -0.15) is 52.7 Å². The van der Waals surface area contributed by atoms with Crippen molar-refractivity contribution in [2.24, 2.45) is 0 Å². The van der Waals surface area contributed by atoms with Crippen molar-refractivity contribution in [1.29, 1.82) is 0 Å². The minimum atomic E-state index is -7.44. The predicted molar refractivity (Wildman–Crippen MR) is 64.5 cm³/mol. The molecule has 0 N–H and O–H groups in total. The number of hydrogen-bond donors (Lipinski definition) is 0. The summed E-state index contributed by atoms with van der Waals surface area (Å²) in [7, 11) is 0. The Bertz CT molecular complexity index is 329. The van der Waals surface area contributed by atoms with Gasteiger partial charge in [0.15, 0.2) is 0 Å². The largest absolute Gasteiger partial charge is 0.387 e. The molecular formula is C7H4F12I2. The van der Waals surface area contributed by atoms with Crippen molar-refractivity contribution in [3.63, 3.8) is 0 Å². The third-order valence-corrected chi connectivity index (χ3v) is 3.25. The number of halogens is 14. The van der Waals surface area contributed by atoms with Crippen LogP contribution in [0.3, 0.4) is 0 Å². The third kappa shape index (κ3) is 3.44. The Morgan fingerprint density at radius 2 is 0.524 bits per heavy atom. The van der Waals surface area contributed by atoms with Crippen LogP contribution in [0.1, 0.15) is 7.43 Å². The second kappa shape index (κ2) is 5.92. The van der Waals surface area contributed by atoms with E-state index < -0.39 is 76.7 Å². The summed E-state index contributed by atoms with van der Waals surface area (Å²) in [5.41, 5.74) is 0. The molecule has 0 atom stereocenters. The van der Waals surface area contributed by atoms with Crippen LogP contribution >= 0.6 is 45.2 Å². The lowest BCUT2D eigenvalue weighted by Gasteiger charge is -2.39. The summed E-state index contributed by atoms with van der Waals surface area (Å²) < 4.78 is 138. The summed E-state index contributed by atoms with van der Waals surface area (Å²) >= 11 is -1.39. The lowest BCUT2D eigenvalue weighted by molar-refractivity contribution is -0.401. The van der Waals surface area contributed by atoms with Crippen molar-refractivity contribution in [2.75, 3.05) is 0 Å². The molecule has 0 heterocycles. The van der Waals surface area contributed by atoms with E-state index in [0.717, 1.165) is 0 Å². The Morgan fingerprint density at radius 1 is 0.381 bits per heavy atom. The zero-order valence-electron chi connectivity index (χ0n) is 8.29. The molecule has 0 amide bonds. The van der Waals surface area contributed by atoms with Gasteiger partial charge in [-0.05, 0) is 0 Å². The summed E-state index contributed by atoms with van der Waals surface area (Å²) in [6.45, 7) is 0. The molecule has 0 nitrogen and oxygen atoms in total. The van der Waals surface area contributed by atoms with Crippen LogP contribution in [0.4, 0.5) is 52.7 Å². The van der Waals surface area contributed by atoms with E-state index in [-0.39, 0.29) is 7.43 Å². The maximum atomic E-state index is 12.7. The molecule has 0 aromatic rings. The van der Waals surface area contributed by atoms with Crippen LogP contribution in [0.2, 0.25) is 0 Å². The molecule has 0 radical (unpaired) electrons. The van der Waals surface area contributed by atoms with E-state index in [4.69, 9.17) is 0 Å². The highest BCUT2D eigenvalue weighted by Crippen LogP contribution is 2.61. The molecule has 21 heavy (non-hydrogen) atoms. The SMILES string of the molecule is C.FC(F)(I)C(F)(F)C(F)(F)C(F)(F)C(F)(F)C(F)(F)I. The smallest absolute Gasteiger partial charge is 0.192 e. The van der Waals surface area contributed by atoms with Crippen molar-refractivity contribution < 1.29 is 52.7 Å². The zero-order valence-corrected chi connectivity index (χ0v) is 12.6. The van der Waals surface area contributed by atoms with Crippen molar-refractivity contribution in [3.05, 3.63) is 0 Å². The van der Waals surface area contributed by atoms with Crippen molar-refractivity contribution in [2.45, 2.75) is 39.0 Å². The summed E-state index contributed by atoms with van der Waals surface area (Å²) in [4.78, 5) is 0. The first-order valence-corrected chi connectivity index (χ1v) is 6.05. The third-order valence-electron chi connectivity index (χ3n) is 1.90. The maximum absolute atomic E-state index is 12.7. The molecule has 0 aromatic carbocycles. The van der Waals surface area contributed by atoms with E-state index in [1.165, 1.54) is 0 Å². The standard InChI is InChI=1S/C6F12I2.CH4/c7-1(8,3(11,12)5(15,16)19)2(9,10)4(13,14)6(17,18)20;/h;1H4. The molecular weight excluding hydrogens is 566 g/mol. The van der Waals surface area contributed by atoms with E-state index in [1.54, 1.807) is 0 Å². The molecule has 0 aromatic heterocycles. The van der Waals surface area contributed by atoms with E-state index in [2.05, 4.69) is 0 Å². The fraction of sp³-hybridized carbons (Fsp3) is 1.00. The normalized spacial score (nSPS) is 15.7. The molecule has 0 aliphatic heterocycles. The molecule has 0 aliphatic carbocycles. The Kier molecular flexibility index (Phi) is 6.73. The average molecular weight is 570 g/mol. The Labute approximate surface area is 136 Å². The van der Waals surface area contributed by atoms with Gasteiger partial charge in [0.2, 0.25) is 0 Å². The molecule has 0 saturated carbocycles. The fourth-order valence-electron chi connectivity index (χ4n) is 0.750. The Hall–Kier alpha value is 0.620. The molecule has 0 fully saturated rings. The highest BCUT2D eigenvalue weighted by atomic mass is 127. The van der Waals surface area contributed by atoms with Gasteiger partial charge in [0.05, 0.1) is 0 Å². The van der Waals surface area contributed by atoms with Crippen molar-refractivity contribution >= 4 is 45.2 Å². The number of hydrogen-bond acceptors (Lipinski definition) is 0. The van der Waals surface area contributed by atoms with Gasteiger partial charge in [-0.15, -0.1) is 0 Å². The molecule has 0 unspecified atom stereocenters. The molecule has 0 rings (SSSR count). The zero-order chi connectivity index (χ0) is 17.0. The molecule has 0 aliphatic rings. The van der Waals surface area contributed by atoms with Crippen LogP contribution in [-0.2, 0) is 0 Å². The van der Waals surface area contributed by atoms with Gasteiger partial charge in [0.1, 0.15) is 0 Å². The summed E-state index contributed by atoms with van der Waals surface area (Å²) in [5.74, 6) is -28.9. The monoisotopic (exact) mass is 570 g/mol. The van der Waals surface area contributed by atoms with E-state index in [0.29, 0.717) is 0 Å². The first kappa shape index (κ1) is 23.9. The number of alkyl halides is 14. The van der Waals surface area contributed by atoms with Crippen LogP contribution in [0.5, 0.6) is 0 Å². The van der Waals surface area contributed by atoms with Crippen LogP contribution in [0.15, 0.2) is 0 Å². The van der Waals surface area contributed by atoms with Gasteiger partial charge in [-0.25, -0.2) is 0 Å².